The number of hydrogen-bond donors (Lipinski definition) is 1. The fourth-order valence-electron chi connectivity index (χ4n) is 2.36. The van der Waals surface area contributed by atoms with Crippen molar-refractivity contribution in [2.24, 2.45) is 0 Å². The van der Waals surface area contributed by atoms with Gasteiger partial charge in [-0.1, -0.05) is 36.9 Å². The Morgan fingerprint density at radius 2 is 2.12 bits per heavy atom. The SMILES string of the molecule is C=CC(=O)C1CSC(CSCCc2ccccc2)(CS(=O)(=O)O)S1. The summed E-state index contributed by atoms with van der Waals surface area (Å²) in [6.07, 6.45) is 2.18. The van der Waals surface area contributed by atoms with Gasteiger partial charge in [-0.05, 0) is 23.8 Å². The molecule has 1 heterocycles. The summed E-state index contributed by atoms with van der Waals surface area (Å²) in [6, 6.07) is 10.1. The fraction of sp³-hybridized carbons (Fsp3) is 0.438. The van der Waals surface area contributed by atoms with Gasteiger partial charge in [0.05, 0.1) is 9.33 Å². The Labute approximate surface area is 156 Å². The molecule has 1 aromatic rings. The van der Waals surface area contributed by atoms with Crippen LogP contribution in [0, 0.1) is 0 Å². The van der Waals surface area contributed by atoms with Crippen LogP contribution in [0.2, 0.25) is 0 Å². The minimum Gasteiger partial charge on any atom is -0.294 e. The van der Waals surface area contributed by atoms with Gasteiger partial charge in [0.2, 0.25) is 0 Å². The van der Waals surface area contributed by atoms with E-state index in [1.807, 2.05) is 18.2 Å². The van der Waals surface area contributed by atoms with E-state index in [2.05, 4.69) is 18.7 Å². The van der Waals surface area contributed by atoms with Gasteiger partial charge in [0.1, 0.15) is 5.75 Å². The molecule has 1 fully saturated rings. The normalized spacial score (nSPS) is 24.0. The Bertz CT molecular complexity index is 675. The van der Waals surface area contributed by atoms with Gasteiger partial charge in [-0.25, -0.2) is 0 Å². The van der Waals surface area contributed by atoms with Gasteiger partial charge < -0.3 is 0 Å². The van der Waals surface area contributed by atoms with E-state index < -0.39 is 14.2 Å². The maximum Gasteiger partial charge on any atom is 0.267 e. The Balaban J connectivity index is 1.94. The highest BCUT2D eigenvalue weighted by atomic mass is 32.2. The van der Waals surface area contributed by atoms with Crippen molar-refractivity contribution in [1.29, 1.82) is 0 Å². The molecule has 0 amide bonds. The first kappa shape index (κ1) is 19.9. The van der Waals surface area contributed by atoms with Gasteiger partial charge in [-0.3, -0.25) is 9.35 Å². The lowest BCUT2D eigenvalue weighted by Gasteiger charge is -2.25. The average molecular weight is 405 g/mol. The van der Waals surface area contributed by atoms with E-state index in [1.54, 1.807) is 11.8 Å². The molecular formula is C16H20O4S4. The molecule has 0 radical (unpaired) electrons. The van der Waals surface area contributed by atoms with Crippen molar-refractivity contribution in [1.82, 2.24) is 0 Å². The van der Waals surface area contributed by atoms with Crippen LogP contribution in [0.4, 0.5) is 0 Å². The molecule has 1 saturated heterocycles. The third-order valence-corrected chi connectivity index (χ3v) is 9.82. The van der Waals surface area contributed by atoms with Crippen LogP contribution in [0.5, 0.6) is 0 Å². The lowest BCUT2D eigenvalue weighted by Crippen LogP contribution is -2.32. The third kappa shape index (κ3) is 6.15. The molecule has 8 heteroatoms. The second-order valence-corrected chi connectivity index (χ2v) is 11.3. The molecule has 132 valence electrons. The van der Waals surface area contributed by atoms with Crippen molar-refractivity contribution in [3.05, 3.63) is 48.6 Å². The van der Waals surface area contributed by atoms with E-state index in [0.717, 1.165) is 12.2 Å². The number of aryl methyl sites for hydroxylation is 1. The standard InChI is InChI=1S/C16H20O4S4/c1-2-14(17)15-10-22-16(23-15,12-24(18,19)20)11-21-9-8-13-6-4-3-5-7-13/h2-7,15H,1,8-12H2,(H,18,19,20). The number of rotatable bonds is 9. The largest absolute Gasteiger partial charge is 0.294 e. The first-order valence-electron chi connectivity index (χ1n) is 7.38. The summed E-state index contributed by atoms with van der Waals surface area (Å²) in [4.78, 5) is 11.8. The van der Waals surface area contributed by atoms with Crippen molar-refractivity contribution in [3.8, 4) is 0 Å². The van der Waals surface area contributed by atoms with E-state index in [-0.39, 0.29) is 16.8 Å². The summed E-state index contributed by atoms with van der Waals surface area (Å²) in [7, 11) is -4.10. The molecule has 0 aliphatic carbocycles. The smallest absolute Gasteiger partial charge is 0.267 e. The van der Waals surface area contributed by atoms with Gasteiger partial charge in [0.15, 0.2) is 5.78 Å². The number of thioether (sulfide) groups is 3. The summed E-state index contributed by atoms with van der Waals surface area (Å²) >= 11 is 4.45. The molecule has 1 N–H and O–H groups in total. The monoisotopic (exact) mass is 404 g/mol. The van der Waals surface area contributed by atoms with Crippen LogP contribution in [0.25, 0.3) is 0 Å². The maximum atomic E-state index is 11.8. The molecule has 4 nitrogen and oxygen atoms in total. The Kier molecular flexibility index (Phi) is 7.30. The Morgan fingerprint density at radius 3 is 2.75 bits per heavy atom. The second kappa shape index (κ2) is 8.80. The molecule has 0 bridgehead atoms. The molecule has 2 atom stereocenters. The quantitative estimate of drug-likeness (QED) is 0.385. The zero-order chi connectivity index (χ0) is 17.6. The summed E-state index contributed by atoms with van der Waals surface area (Å²) < 4.78 is 31.4. The first-order valence-corrected chi connectivity index (χ1v) is 12.0. The molecule has 24 heavy (non-hydrogen) atoms. The van der Waals surface area contributed by atoms with E-state index in [1.165, 1.54) is 35.2 Å². The highest BCUT2D eigenvalue weighted by Gasteiger charge is 2.45. The van der Waals surface area contributed by atoms with Crippen molar-refractivity contribution < 1.29 is 17.8 Å². The number of benzene rings is 1. The van der Waals surface area contributed by atoms with Crippen LogP contribution in [0.15, 0.2) is 43.0 Å². The minimum atomic E-state index is -4.10. The first-order chi connectivity index (χ1) is 11.3. The number of ketones is 1. The lowest BCUT2D eigenvalue weighted by molar-refractivity contribution is -0.113. The molecule has 2 unspecified atom stereocenters. The molecule has 0 aromatic heterocycles. The fourth-order valence-corrected chi connectivity index (χ4v) is 9.34. The number of carbonyl (C=O) groups is 1. The molecule has 1 aliphatic rings. The predicted molar refractivity (Wildman–Crippen MR) is 106 cm³/mol. The number of hydrogen-bond acceptors (Lipinski definition) is 6. The molecule has 1 aromatic carbocycles. The molecule has 0 saturated carbocycles. The van der Waals surface area contributed by atoms with Crippen LogP contribution in [0.3, 0.4) is 0 Å². The maximum absolute atomic E-state index is 11.8. The molecular weight excluding hydrogens is 384 g/mol. The van der Waals surface area contributed by atoms with Crippen molar-refractivity contribution >= 4 is 51.2 Å². The second-order valence-electron chi connectivity index (χ2n) is 5.45. The Hall–Kier alpha value is -0.410. The number of allylic oxidation sites excluding steroid dienone is 1. The van der Waals surface area contributed by atoms with Gasteiger partial charge in [0.25, 0.3) is 10.1 Å². The Morgan fingerprint density at radius 1 is 1.42 bits per heavy atom. The zero-order valence-electron chi connectivity index (χ0n) is 13.1. The molecule has 0 spiro atoms. The minimum absolute atomic E-state index is 0.0843. The van der Waals surface area contributed by atoms with Gasteiger partial charge in [-0.15, -0.1) is 23.5 Å². The average Bonchev–Trinajstić information content (AvgIpc) is 2.94. The van der Waals surface area contributed by atoms with Crippen molar-refractivity contribution in [2.45, 2.75) is 15.7 Å². The summed E-state index contributed by atoms with van der Waals surface area (Å²) in [5.74, 6) is 1.55. The number of carbonyl (C=O) groups excluding carboxylic acids is 1. The van der Waals surface area contributed by atoms with Gasteiger partial charge >= 0.3 is 0 Å². The third-order valence-electron chi connectivity index (χ3n) is 3.48. The van der Waals surface area contributed by atoms with Crippen LogP contribution < -0.4 is 0 Å². The van der Waals surface area contributed by atoms with E-state index in [0.29, 0.717) is 11.5 Å². The molecule has 2 rings (SSSR count). The van der Waals surface area contributed by atoms with Gasteiger partial charge in [-0.2, -0.15) is 20.2 Å². The van der Waals surface area contributed by atoms with Crippen molar-refractivity contribution in [3.63, 3.8) is 0 Å². The van der Waals surface area contributed by atoms with E-state index in [4.69, 9.17) is 0 Å². The topological polar surface area (TPSA) is 71.4 Å². The van der Waals surface area contributed by atoms with Crippen LogP contribution in [-0.2, 0) is 21.3 Å². The predicted octanol–water partition coefficient (Wildman–Crippen LogP) is 3.15. The lowest BCUT2D eigenvalue weighted by atomic mass is 10.2. The highest BCUT2D eigenvalue weighted by Crippen LogP contribution is 2.50. The summed E-state index contributed by atoms with van der Waals surface area (Å²) in [6.45, 7) is 3.49. The zero-order valence-corrected chi connectivity index (χ0v) is 16.4. The highest BCUT2D eigenvalue weighted by molar-refractivity contribution is 8.23. The van der Waals surface area contributed by atoms with Crippen LogP contribution in [0.1, 0.15) is 5.56 Å². The van der Waals surface area contributed by atoms with Crippen molar-refractivity contribution in [2.75, 3.05) is 23.0 Å². The summed E-state index contributed by atoms with van der Waals surface area (Å²) in [5, 5.41) is -0.288. The van der Waals surface area contributed by atoms with Crippen LogP contribution >= 0.6 is 35.3 Å². The van der Waals surface area contributed by atoms with Crippen LogP contribution in [-0.4, -0.2) is 51.1 Å². The summed E-state index contributed by atoms with van der Waals surface area (Å²) in [5.41, 5.74) is 1.24. The molecule has 1 aliphatic heterocycles. The van der Waals surface area contributed by atoms with E-state index in [9.17, 15) is 17.8 Å². The van der Waals surface area contributed by atoms with E-state index >= 15 is 0 Å². The van der Waals surface area contributed by atoms with Gasteiger partial charge in [0, 0.05) is 11.5 Å².